The van der Waals surface area contributed by atoms with E-state index in [-0.39, 0.29) is 12.4 Å². The summed E-state index contributed by atoms with van der Waals surface area (Å²) in [5.41, 5.74) is 0. The zero-order chi connectivity index (χ0) is 12.1. The van der Waals surface area contributed by atoms with E-state index in [4.69, 9.17) is 9.47 Å². The van der Waals surface area contributed by atoms with E-state index in [1.165, 1.54) is 12.8 Å². The van der Waals surface area contributed by atoms with Gasteiger partial charge in [-0.2, -0.15) is 0 Å². The zero-order valence-electron chi connectivity index (χ0n) is 10.4. The fourth-order valence-corrected chi connectivity index (χ4v) is 2.45. The standard InChI is InChI=1S/C13H18BrNO2.ClH/c1-16-11-2-3-13(12(14)8-11)17-9-10-4-6-15-7-5-10;/h2-3,8,10,15H,4-7,9H2,1H3;1H. The molecule has 3 nitrogen and oxygen atoms in total. The summed E-state index contributed by atoms with van der Waals surface area (Å²) in [6, 6.07) is 5.80. The third-order valence-corrected chi connectivity index (χ3v) is 3.69. The van der Waals surface area contributed by atoms with Gasteiger partial charge in [-0.25, -0.2) is 0 Å². The zero-order valence-corrected chi connectivity index (χ0v) is 12.9. The average Bonchev–Trinajstić information content (AvgIpc) is 2.38. The lowest BCUT2D eigenvalue weighted by atomic mass is 9.99. The molecule has 5 heteroatoms. The van der Waals surface area contributed by atoms with Crippen molar-refractivity contribution in [2.45, 2.75) is 12.8 Å². The monoisotopic (exact) mass is 335 g/mol. The first kappa shape index (κ1) is 15.6. The van der Waals surface area contributed by atoms with E-state index in [0.717, 1.165) is 35.7 Å². The maximum absolute atomic E-state index is 5.85. The maximum Gasteiger partial charge on any atom is 0.133 e. The lowest BCUT2D eigenvalue weighted by molar-refractivity contribution is 0.214. The lowest BCUT2D eigenvalue weighted by Crippen LogP contribution is -2.30. The molecule has 0 radical (unpaired) electrons. The topological polar surface area (TPSA) is 30.5 Å². The van der Waals surface area contributed by atoms with Crippen LogP contribution in [0.15, 0.2) is 22.7 Å². The van der Waals surface area contributed by atoms with Gasteiger partial charge in [0.05, 0.1) is 18.2 Å². The van der Waals surface area contributed by atoms with Gasteiger partial charge in [0.25, 0.3) is 0 Å². The highest BCUT2D eigenvalue weighted by molar-refractivity contribution is 9.10. The smallest absolute Gasteiger partial charge is 0.133 e. The molecule has 1 aromatic rings. The van der Waals surface area contributed by atoms with Crippen LogP contribution in [-0.4, -0.2) is 26.8 Å². The molecule has 0 spiro atoms. The van der Waals surface area contributed by atoms with Crippen LogP contribution in [0.2, 0.25) is 0 Å². The Bertz CT molecular complexity index is 370. The number of hydrogen-bond donors (Lipinski definition) is 1. The Kier molecular flexibility index (Phi) is 6.82. The second kappa shape index (κ2) is 7.87. The summed E-state index contributed by atoms with van der Waals surface area (Å²) in [4.78, 5) is 0. The normalized spacial score (nSPS) is 15.9. The number of benzene rings is 1. The summed E-state index contributed by atoms with van der Waals surface area (Å²) in [5, 5.41) is 3.36. The fraction of sp³-hybridized carbons (Fsp3) is 0.538. The predicted molar refractivity (Wildman–Crippen MR) is 79.0 cm³/mol. The van der Waals surface area contributed by atoms with E-state index in [1.807, 2.05) is 18.2 Å². The summed E-state index contributed by atoms with van der Waals surface area (Å²) in [5.74, 6) is 2.40. The van der Waals surface area contributed by atoms with Crippen LogP contribution < -0.4 is 14.8 Å². The van der Waals surface area contributed by atoms with Gasteiger partial charge in [0, 0.05) is 0 Å². The van der Waals surface area contributed by atoms with Gasteiger partial charge in [-0.3, -0.25) is 0 Å². The largest absolute Gasteiger partial charge is 0.497 e. The highest BCUT2D eigenvalue weighted by Gasteiger charge is 2.14. The van der Waals surface area contributed by atoms with E-state index < -0.39 is 0 Å². The molecule has 1 N–H and O–H groups in total. The number of methoxy groups -OCH3 is 1. The molecule has 0 amide bonds. The third-order valence-electron chi connectivity index (χ3n) is 3.07. The van der Waals surface area contributed by atoms with Crippen LogP contribution in [-0.2, 0) is 0 Å². The summed E-state index contributed by atoms with van der Waals surface area (Å²) < 4.78 is 11.9. The summed E-state index contributed by atoms with van der Waals surface area (Å²) in [6.45, 7) is 3.02. The van der Waals surface area contributed by atoms with Crippen LogP contribution in [0.5, 0.6) is 11.5 Å². The van der Waals surface area contributed by atoms with Crippen LogP contribution >= 0.6 is 28.3 Å². The van der Waals surface area contributed by atoms with Gasteiger partial charge in [-0.1, -0.05) is 0 Å². The second-order valence-corrected chi connectivity index (χ2v) is 5.16. The molecule has 1 fully saturated rings. The van der Waals surface area contributed by atoms with Crippen LogP contribution in [0.3, 0.4) is 0 Å². The number of nitrogens with one attached hydrogen (secondary N) is 1. The second-order valence-electron chi connectivity index (χ2n) is 4.30. The molecule has 1 aliphatic rings. The van der Waals surface area contributed by atoms with Crippen molar-refractivity contribution in [1.82, 2.24) is 5.32 Å². The minimum absolute atomic E-state index is 0. The van der Waals surface area contributed by atoms with Crippen LogP contribution in [0, 0.1) is 5.92 Å². The number of hydrogen-bond acceptors (Lipinski definition) is 3. The average molecular weight is 337 g/mol. The van der Waals surface area contributed by atoms with Gasteiger partial charge in [0.1, 0.15) is 11.5 Å². The van der Waals surface area contributed by atoms with Crippen molar-refractivity contribution in [1.29, 1.82) is 0 Å². The Hall–Kier alpha value is -0.450. The van der Waals surface area contributed by atoms with Gasteiger partial charge < -0.3 is 14.8 Å². The van der Waals surface area contributed by atoms with E-state index in [2.05, 4.69) is 21.2 Å². The molecule has 0 bridgehead atoms. The molecule has 0 saturated carbocycles. The highest BCUT2D eigenvalue weighted by Crippen LogP contribution is 2.29. The molecule has 0 aliphatic carbocycles. The SMILES string of the molecule is COc1ccc(OCC2CCNCC2)c(Br)c1.Cl. The molecule has 0 aromatic heterocycles. The maximum atomic E-state index is 5.85. The summed E-state index contributed by atoms with van der Waals surface area (Å²) >= 11 is 3.50. The highest BCUT2D eigenvalue weighted by atomic mass is 79.9. The quantitative estimate of drug-likeness (QED) is 0.915. The van der Waals surface area contributed by atoms with Gasteiger partial charge in [-0.15, -0.1) is 12.4 Å². The first-order valence-electron chi connectivity index (χ1n) is 5.96. The summed E-state index contributed by atoms with van der Waals surface area (Å²) in [6.07, 6.45) is 2.40. The molecule has 0 unspecified atom stereocenters. The van der Waals surface area contributed by atoms with E-state index in [9.17, 15) is 0 Å². The van der Waals surface area contributed by atoms with Crippen LogP contribution in [0.1, 0.15) is 12.8 Å². The molecule has 1 aromatic carbocycles. The molecule has 1 aliphatic heterocycles. The molecular weight excluding hydrogens is 318 g/mol. The Labute approximate surface area is 123 Å². The number of halogens is 2. The van der Waals surface area contributed by atoms with Crippen LogP contribution in [0.25, 0.3) is 0 Å². The Morgan fingerprint density at radius 3 is 2.67 bits per heavy atom. The predicted octanol–water partition coefficient (Wildman–Crippen LogP) is 3.26. The van der Waals surface area contributed by atoms with Gasteiger partial charge in [-0.05, 0) is 66.0 Å². The number of ether oxygens (including phenoxy) is 2. The minimum Gasteiger partial charge on any atom is -0.497 e. The first-order chi connectivity index (χ1) is 8.29. The van der Waals surface area contributed by atoms with Crippen molar-refractivity contribution in [2.24, 2.45) is 5.92 Å². The lowest BCUT2D eigenvalue weighted by Gasteiger charge is -2.22. The van der Waals surface area contributed by atoms with Gasteiger partial charge in [0.15, 0.2) is 0 Å². The molecule has 2 rings (SSSR count). The van der Waals surface area contributed by atoms with Crippen molar-refractivity contribution < 1.29 is 9.47 Å². The molecule has 1 saturated heterocycles. The molecule has 0 atom stereocenters. The number of rotatable bonds is 4. The van der Waals surface area contributed by atoms with Gasteiger partial charge in [0.2, 0.25) is 0 Å². The molecule has 1 heterocycles. The van der Waals surface area contributed by atoms with Crippen LogP contribution in [0.4, 0.5) is 0 Å². The van der Waals surface area contributed by atoms with E-state index in [1.54, 1.807) is 7.11 Å². The third kappa shape index (κ3) is 4.34. The molecule has 102 valence electrons. The van der Waals surface area contributed by atoms with Crippen molar-refractivity contribution in [3.63, 3.8) is 0 Å². The van der Waals surface area contributed by atoms with Crippen molar-refractivity contribution in [3.8, 4) is 11.5 Å². The Morgan fingerprint density at radius 1 is 1.33 bits per heavy atom. The van der Waals surface area contributed by atoms with Gasteiger partial charge >= 0.3 is 0 Å². The molecular formula is C13H19BrClNO2. The molecule has 18 heavy (non-hydrogen) atoms. The van der Waals surface area contributed by atoms with E-state index >= 15 is 0 Å². The Morgan fingerprint density at radius 2 is 2.06 bits per heavy atom. The fourth-order valence-electron chi connectivity index (χ4n) is 1.98. The van der Waals surface area contributed by atoms with Crippen molar-refractivity contribution in [2.75, 3.05) is 26.8 Å². The van der Waals surface area contributed by atoms with E-state index in [0.29, 0.717) is 5.92 Å². The Balaban J connectivity index is 0.00000162. The summed E-state index contributed by atoms with van der Waals surface area (Å²) in [7, 11) is 1.66. The minimum atomic E-state index is 0. The van der Waals surface area contributed by atoms with Crippen molar-refractivity contribution >= 4 is 28.3 Å². The number of piperidine rings is 1. The van der Waals surface area contributed by atoms with Crippen molar-refractivity contribution in [3.05, 3.63) is 22.7 Å². The first-order valence-corrected chi connectivity index (χ1v) is 6.76.